The Morgan fingerprint density at radius 3 is 1.14 bits per heavy atom. The maximum absolute atomic E-state index is 9.37. The van der Waals surface area contributed by atoms with Crippen LogP contribution in [0.25, 0.3) is 0 Å². The van der Waals surface area contributed by atoms with Gasteiger partial charge in [-0.05, 0) is 38.1 Å². The van der Waals surface area contributed by atoms with E-state index in [1.807, 2.05) is 36.4 Å². The Labute approximate surface area is 217 Å². The minimum atomic E-state index is -1.33. The van der Waals surface area contributed by atoms with Gasteiger partial charge in [0.25, 0.3) is 0 Å². The number of benzene rings is 2. The first-order valence-electron chi connectivity index (χ1n) is 9.60. The number of allylic oxidation sites excluding steroid dienone is 4. The quantitative estimate of drug-likeness (QED) is 0.158. The van der Waals surface area contributed by atoms with Crippen molar-refractivity contribution in [1.82, 2.24) is 0 Å². The minimum Gasteiger partial charge on any atom is -0.543 e. The molecule has 35 heavy (non-hydrogen) atoms. The van der Waals surface area contributed by atoms with E-state index in [4.69, 9.17) is 40.2 Å². The van der Waals surface area contributed by atoms with Crippen molar-refractivity contribution in [3.63, 3.8) is 0 Å². The van der Waals surface area contributed by atoms with Gasteiger partial charge in [0.2, 0.25) is 0 Å². The summed E-state index contributed by atoms with van der Waals surface area (Å²) in [6.07, 6.45) is 2.63. The first-order chi connectivity index (χ1) is 15.9. The third-order valence-electron chi connectivity index (χ3n) is 3.12. The largest absolute Gasteiger partial charge is 0.543 e. The number of carbonyl (C=O) groups is 2. The van der Waals surface area contributed by atoms with E-state index in [0.29, 0.717) is 11.1 Å². The summed E-state index contributed by atoms with van der Waals surface area (Å²) in [5, 5.41) is 47.9. The van der Waals surface area contributed by atoms with Gasteiger partial charge in [-0.3, -0.25) is 9.59 Å². The van der Waals surface area contributed by atoms with Crippen LogP contribution in [0, 0.1) is 0 Å². The van der Waals surface area contributed by atoms with Crippen LogP contribution in [0.4, 0.5) is 0 Å². The molecule has 2 rings (SSSR count). The van der Waals surface area contributed by atoms with E-state index in [9.17, 15) is 9.59 Å². The van der Waals surface area contributed by atoms with Gasteiger partial charge in [0, 0.05) is 21.7 Å². The smallest absolute Gasteiger partial charge is 0.350 e. The number of aliphatic hydroxyl groups excluding tert-OH is 2. The van der Waals surface area contributed by atoms with Gasteiger partial charge in [-0.25, -0.2) is 0 Å². The molecule has 0 saturated heterocycles. The van der Waals surface area contributed by atoms with Gasteiger partial charge in [-0.2, -0.15) is 0 Å². The normalized spacial score (nSPS) is 9.83. The van der Waals surface area contributed by atoms with Crippen LogP contribution in [-0.4, -0.2) is 66.7 Å². The molecule has 0 radical (unpaired) electrons. The van der Waals surface area contributed by atoms with Crippen LogP contribution in [0.5, 0.6) is 0 Å². The van der Waals surface area contributed by atoms with E-state index in [0.717, 1.165) is 0 Å². The Balaban J connectivity index is -0.000000419. The molecule has 0 atom stereocenters. The molecule has 0 amide bonds. The molecule has 0 heterocycles. The molecule has 0 aliphatic rings. The molecule has 0 saturated carbocycles. The van der Waals surface area contributed by atoms with Gasteiger partial charge in [-0.1, -0.05) is 36.4 Å². The summed E-state index contributed by atoms with van der Waals surface area (Å²) >= 11 is 0. The average Bonchev–Trinajstić information content (AvgIpc) is 2.80. The summed E-state index contributed by atoms with van der Waals surface area (Å²) in [6, 6.07) is 18.1. The second-order valence-electron chi connectivity index (χ2n) is 6.17. The van der Waals surface area contributed by atoms with Crippen molar-refractivity contribution in [3.8, 4) is 0 Å². The van der Waals surface area contributed by atoms with Crippen LogP contribution >= 0.6 is 0 Å². The van der Waals surface area contributed by atoms with Gasteiger partial charge in [-0.15, -0.1) is 0 Å². The summed E-state index contributed by atoms with van der Waals surface area (Å²) in [6.45, 7) is 1.75. The van der Waals surface area contributed by atoms with Crippen LogP contribution in [-0.2, 0) is 31.3 Å². The Hall–Kier alpha value is -3.57. The van der Waals surface area contributed by atoms with Crippen LogP contribution in [0.3, 0.4) is 0 Å². The van der Waals surface area contributed by atoms with E-state index in [2.05, 4.69) is 0 Å². The van der Waals surface area contributed by atoms with Crippen molar-refractivity contribution >= 4 is 23.5 Å². The number of hydrogen-bond acceptors (Lipinski definition) is 6. The molecule has 0 aromatic heterocycles. The van der Waals surface area contributed by atoms with Gasteiger partial charge in [0.1, 0.15) is 11.9 Å². The number of carboxylic acids is 2. The third-order valence-corrected chi connectivity index (χ3v) is 3.12. The first-order valence-corrected chi connectivity index (χ1v) is 9.60. The second-order valence-corrected chi connectivity index (χ2v) is 6.17. The predicted molar refractivity (Wildman–Crippen MR) is 125 cm³/mol. The zero-order valence-corrected chi connectivity index (χ0v) is 20.8. The van der Waals surface area contributed by atoms with Gasteiger partial charge < -0.3 is 40.2 Å². The van der Waals surface area contributed by atoms with Gasteiger partial charge >= 0.3 is 11.6 Å². The fraction of sp³-hybridized carbons (Fsp3) is 0.167. The van der Waals surface area contributed by atoms with E-state index >= 15 is 0 Å². The molecule has 0 aliphatic carbocycles. The molecule has 2 aromatic rings. The molecular formula is C24H30O10Ti+2. The zero-order chi connectivity index (χ0) is 26.5. The van der Waals surface area contributed by atoms with Crippen LogP contribution < -0.4 is 10.2 Å². The summed E-state index contributed by atoms with van der Waals surface area (Å²) in [5.74, 6) is -2.31. The second kappa shape index (κ2) is 22.2. The van der Waals surface area contributed by atoms with Crippen molar-refractivity contribution in [2.45, 2.75) is 13.8 Å². The van der Waals surface area contributed by atoms with E-state index < -0.39 is 25.2 Å². The number of carboxylic acid groups (broad SMARTS) is 2. The predicted octanol–water partition coefficient (Wildman–Crippen LogP) is -0.998. The molecule has 2 aromatic carbocycles. The van der Waals surface area contributed by atoms with Gasteiger partial charge in [0.05, 0.1) is 34.8 Å². The third kappa shape index (κ3) is 23.4. The fourth-order valence-corrected chi connectivity index (χ4v) is 1.78. The molecule has 0 bridgehead atoms. The van der Waals surface area contributed by atoms with Crippen molar-refractivity contribution < 1.29 is 71.5 Å². The van der Waals surface area contributed by atoms with Crippen molar-refractivity contribution in [2.75, 3.05) is 13.2 Å². The summed E-state index contributed by atoms with van der Waals surface area (Å²) in [7, 11) is 0. The number of aliphatic hydroxyl groups is 2. The van der Waals surface area contributed by atoms with Crippen molar-refractivity contribution in [3.05, 3.63) is 95.5 Å². The van der Waals surface area contributed by atoms with Crippen LogP contribution in [0.15, 0.2) is 84.3 Å². The molecule has 8 N–H and O–H groups in total. The molecule has 0 aliphatic heterocycles. The molecular weight excluding hydrogens is 496 g/mol. The molecule has 188 valence electrons. The maximum atomic E-state index is 9.37. The van der Waals surface area contributed by atoms with E-state index in [-0.39, 0.29) is 44.8 Å². The van der Waals surface area contributed by atoms with E-state index in [1.165, 1.54) is 26.0 Å². The standard InChI is InChI=1S/2C10H10O2.2C2H4O3.Ti/c2*1-8(11)7-10(12)9-5-3-2-4-6-9;2*3-1-2(4)5;/h2*2-7,11H,1H3;2*3H,1H2,(H,4,5);/p+2/b2*8-7-;;;. The monoisotopic (exact) mass is 526 g/mol. The SMILES string of the molecule is C/C(O)=C/C(=[OH+])c1ccccc1.C/C(O)=C/C(=[OH+])c1ccccc1.O=C([O-])C[OH2+].O=C([O-])C[OH2+].[Ti]. The van der Waals surface area contributed by atoms with Crippen molar-refractivity contribution in [2.24, 2.45) is 0 Å². The molecule has 11 heteroatoms. The molecule has 10 nitrogen and oxygen atoms in total. The fourth-order valence-electron chi connectivity index (χ4n) is 1.78. The van der Waals surface area contributed by atoms with Crippen LogP contribution in [0.2, 0.25) is 0 Å². The zero-order valence-electron chi connectivity index (χ0n) is 19.3. The Morgan fingerprint density at radius 2 is 0.971 bits per heavy atom. The van der Waals surface area contributed by atoms with E-state index in [1.54, 1.807) is 24.3 Å². The minimum absolute atomic E-state index is 0. The number of ketones is 2. The summed E-state index contributed by atoms with van der Waals surface area (Å²) in [4.78, 5) is 36.9. The van der Waals surface area contributed by atoms with Crippen molar-refractivity contribution in [1.29, 1.82) is 0 Å². The summed E-state index contributed by atoms with van der Waals surface area (Å²) < 4.78 is 0. The maximum Gasteiger partial charge on any atom is 0.350 e. The number of aliphatic carboxylic acids is 2. The molecule has 0 unspecified atom stereocenters. The number of carbonyl (C=O) groups excluding carboxylic acids is 4. The number of rotatable bonds is 6. The first kappa shape index (κ1) is 36.0. The Morgan fingerprint density at radius 1 is 0.743 bits per heavy atom. The molecule has 0 fully saturated rings. The topological polar surface area (TPSA) is 209 Å². The Kier molecular flexibility index (Phi) is 22.9. The van der Waals surface area contributed by atoms with Gasteiger partial charge in [0.15, 0.2) is 13.2 Å². The molecule has 0 spiro atoms. The average molecular weight is 526 g/mol. The number of hydrogen-bond donors (Lipinski definition) is 2. The van der Waals surface area contributed by atoms with Crippen LogP contribution in [0.1, 0.15) is 25.0 Å². The summed E-state index contributed by atoms with van der Waals surface area (Å²) in [5.41, 5.74) is 1.40. The Bertz CT molecular complexity index is 867.